The van der Waals surface area contributed by atoms with Crippen LogP contribution in [-0.4, -0.2) is 39.0 Å². The Balaban J connectivity index is 1.59. The first-order valence-corrected chi connectivity index (χ1v) is 9.55. The third kappa shape index (κ3) is 3.26. The summed E-state index contributed by atoms with van der Waals surface area (Å²) in [6, 6.07) is 16.4. The Morgan fingerprint density at radius 3 is 2.63 bits per heavy atom. The second kappa shape index (κ2) is 7.00. The van der Waals surface area contributed by atoms with Crippen molar-refractivity contribution < 1.29 is 9.59 Å². The van der Waals surface area contributed by atoms with E-state index in [1.54, 1.807) is 13.8 Å². The van der Waals surface area contributed by atoms with E-state index >= 15 is 0 Å². The quantitative estimate of drug-likeness (QED) is 0.889. The van der Waals surface area contributed by atoms with Gasteiger partial charge in [-0.25, -0.2) is 9.89 Å². The van der Waals surface area contributed by atoms with Crippen LogP contribution in [0.15, 0.2) is 64.6 Å². The summed E-state index contributed by atoms with van der Waals surface area (Å²) in [6.07, 6.45) is 0. The van der Waals surface area contributed by atoms with E-state index in [-0.39, 0.29) is 11.8 Å². The maximum absolute atomic E-state index is 12.6. The summed E-state index contributed by atoms with van der Waals surface area (Å²) < 4.78 is 0. The molecule has 2 aliphatic heterocycles. The van der Waals surface area contributed by atoms with E-state index in [1.807, 2.05) is 54.6 Å². The Morgan fingerprint density at radius 2 is 1.85 bits per heavy atom. The van der Waals surface area contributed by atoms with Crippen molar-refractivity contribution in [3.05, 3.63) is 60.2 Å². The summed E-state index contributed by atoms with van der Waals surface area (Å²) in [5, 5.41) is 2.93. The van der Waals surface area contributed by atoms with E-state index in [1.165, 1.54) is 16.7 Å². The molecule has 2 atom stereocenters. The Kier molecular flexibility index (Phi) is 4.53. The maximum atomic E-state index is 12.6. The lowest BCUT2D eigenvalue weighted by Gasteiger charge is -2.26. The minimum absolute atomic E-state index is 0.124. The van der Waals surface area contributed by atoms with Gasteiger partial charge in [-0.2, -0.15) is 0 Å². The van der Waals surface area contributed by atoms with Gasteiger partial charge in [0.2, 0.25) is 5.91 Å². The number of nitrogens with one attached hydrogen (secondary N) is 1. The molecule has 2 aliphatic rings. The molecule has 27 heavy (non-hydrogen) atoms. The lowest BCUT2D eigenvalue weighted by molar-refractivity contribution is -0.124. The van der Waals surface area contributed by atoms with Gasteiger partial charge >= 0.3 is 0 Å². The van der Waals surface area contributed by atoms with Crippen LogP contribution in [0.5, 0.6) is 0 Å². The molecule has 2 aromatic rings. The molecule has 0 unspecified atom stereocenters. The van der Waals surface area contributed by atoms with Crippen LogP contribution in [0, 0.1) is 0 Å². The molecule has 2 aromatic carbocycles. The van der Waals surface area contributed by atoms with Gasteiger partial charge in [0.1, 0.15) is 11.9 Å². The summed E-state index contributed by atoms with van der Waals surface area (Å²) in [6.45, 7) is 3.57. The number of anilines is 1. The van der Waals surface area contributed by atoms with Crippen molar-refractivity contribution in [3.63, 3.8) is 0 Å². The van der Waals surface area contributed by atoms with Gasteiger partial charge in [0, 0.05) is 11.3 Å². The zero-order valence-electron chi connectivity index (χ0n) is 14.9. The molecular weight excluding hydrogens is 360 g/mol. The number of nitrogens with zero attached hydrogens (tertiary/aromatic N) is 3. The number of carbonyl (C=O) groups excluding carboxylic acids is 2. The first-order chi connectivity index (χ1) is 13.0. The van der Waals surface area contributed by atoms with Crippen LogP contribution in [0.1, 0.15) is 19.4 Å². The molecule has 2 amide bonds. The number of hydrogen-bond acceptors (Lipinski definition) is 5. The number of fused-ring (bicyclic) bond motifs is 3. The van der Waals surface area contributed by atoms with Crippen molar-refractivity contribution in [3.8, 4) is 0 Å². The Bertz CT molecular complexity index is 971. The number of amidine groups is 2. The number of amides is 2. The van der Waals surface area contributed by atoms with E-state index in [2.05, 4.69) is 15.3 Å². The molecule has 0 saturated heterocycles. The summed E-state index contributed by atoms with van der Waals surface area (Å²) in [7, 11) is 0. The van der Waals surface area contributed by atoms with Crippen LogP contribution >= 0.6 is 11.8 Å². The van der Waals surface area contributed by atoms with Crippen LogP contribution in [0.3, 0.4) is 0 Å². The molecule has 0 saturated carbocycles. The second-order valence-electron chi connectivity index (χ2n) is 6.33. The molecule has 1 N–H and O–H groups in total. The van der Waals surface area contributed by atoms with Crippen molar-refractivity contribution in [2.45, 2.75) is 25.1 Å². The minimum Gasteiger partial charge on any atom is -0.325 e. The van der Waals surface area contributed by atoms with E-state index in [9.17, 15) is 9.59 Å². The molecule has 4 rings (SSSR count). The summed E-state index contributed by atoms with van der Waals surface area (Å²) >= 11 is 1.26. The van der Waals surface area contributed by atoms with Gasteiger partial charge in [-0.1, -0.05) is 42.1 Å². The van der Waals surface area contributed by atoms with Crippen molar-refractivity contribution in [1.29, 1.82) is 0 Å². The zero-order chi connectivity index (χ0) is 19.0. The highest BCUT2D eigenvalue weighted by Gasteiger charge is 2.40. The Labute approximate surface area is 161 Å². The summed E-state index contributed by atoms with van der Waals surface area (Å²) in [5.74, 6) is 0.337. The number of para-hydroxylation sites is 2. The molecule has 0 aliphatic carbocycles. The molecule has 2 heterocycles. The van der Waals surface area contributed by atoms with Gasteiger partial charge < -0.3 is 5.32 Å². The predicted molar refractivity (Wildman–Crippen MR) is 109 cm³/mol. The highest BCUT2D eigenvalue weighted by Crippen LogP contribution is 2.34. The van der Waals surface area contributed by atoms with Gasteiger partial charge in [0.15, 0.2) is 5.17 Å². The van der Waals surface area contributed by atoms with E-state index in [0.29, 0.717) is 11.0 Å². The zero-order valence-corrected chi connectivity index (χ0v) is 15.7. The molecule has 0 fully saturated rings. The van der Waals surface area contributed by atoms with E-state index in [4.69, 9.17) is 0 Å². The predicted octanol–water partition coefficient (Wildman–Crippen LogP) is 3.43. The van der Waals surface area contributed by atoms with Gasteiger partial charge in [0.05, 0.1) is 10.9 Å². The molecule has 6 nitrogen and oxygen atoms in total. The minimum atomic E-state index is -0.453. The van der Waals surface area contributed by atoms with Gasteiger partial charge in [-0.3, -0.25) is 14.6 Å². The van der Waals surface area contributed by atoms with Gasteiger partial charge in [-0.15, -0.1) is 0 Å². The van der Waals surface area contributed by atoms with Crippen molar-refractivity contribution >= 4 is 46.0 Å². The number of aliphatic imine (C=N–C) groups is 2. The molecule has 7 heteroatoms. The second-order valence-corrected chi connectivity index (χ2v) is 7.64. The van der Waals surface area contributed by atoms with Crippen LogP contribution in [-0.2, 0) is 9.59 Å². The summed E-state index contributed by atoms with van der Waals surface area (Å²) in [4.78, 5) is 35.8. The average molecular weight is 378 g/mol. The van der Waals surface area contributed by atoms with Crippen molar-refractivity contribution in [2.24, 2.45) is 9.98 Å². The molecular formula is C20H18N4O2S. The summed E-state index contributed by atoms with van der Waals surface area (Å²) in [5.41, 5.74) is 2.33. The average Bonchev–Trinajstić information content (AvgIpc) is 2.98. The topological polar surface area (TPSA) is 74.1 Å². The highest BCUT2D eigenvalue weighted by molar-refractivity contribution is 8.15. The van der Waals surface area contributed by atoms with Crippen LogP contribution in [0.25, 0.3) is 0 Å². The van der Waals surface area contributed by atoms with Gasteiger partial charge in [0.25, 0.3) is 5.91 Å². The number of rotatable bonds is 3. The van der Waals surface area contributed by atoms with Crippen LogP contribution in [0.4, 0.5) is 11.4 Å². The molecule has 0 radical (unpaired) electrons. The third-order valence-corrected chi connectivity index (χ3v) is 5.40. The molecule has 0 spiro atoms. The van der Waals surface area contributed by atoms with Gasteiger partial charge in [-0.05, 0) is 38.1 Å². The van der Waals surface area contributed by atoms with Crippen molar-refractivity contribution in [2.75, 3.05) is 5.32 Å². The van der Waals surface area contributed by atoms with Crippen LogP contribution < -0.4 is 5.32 Å². The lowest BCUT2D eigenvalue weighted by atomic mass is 10.1. The number of thioether (sulfide) groups is 1. The highest BCUT2D eigenvalue weighted by atomic mass is 32.2. The Morgan fingerprint density at radius 1 is 1.15 bits per heavy atom. The van der Waals surface area contributed by atoms with Crippen LogP contribution in [0.2, 0.25) is 0 Å². The molecule has 0 aromatic heterocycles. The van der Waals surface area contributed by atoms with E-state index < -0.39 is 11.3 Å². The first-order valence-electron chi connectivity index (χ1n) is 8.67. The largest absolute Gasteiger partial charge is 0.325 e. The fourth-order valence-electron chi connectivity index (χ4n) is 2.93. The smallest absolute Gasteiger partial charge is 0.258 e. The third-order valence-electron chi connectivity index (χ3n) is 4.35. The lowest BCUT2D eigenvalue weighted by Crippen LogP contribution is -2.41. The standard InChI is InChI=1S/C20H18N4O2S/c1-12-19(26)24-17(21-12)15-10-6-7-11-16(15)23-20(24)27-13(2)18(25)22-14-8-4-3-5-9-14/h3-13H,1-2H3,(H,22,25)/t12-,13+/m1/s1. The maximum Gasteiger partial charge on any atom is 0.258 e. The number of carbonyl (C=O) groups is 2. The Hall–Kier alpha value is -2.93. The van der Waals surface area contributed by atoms with E-state index in [0.717, 1.165) is 16.9 Å². The normalized spacial score (nSPS) is 19.0. The fourth-order valence-corrected chi connectivity index (χ4v) is 3.85. The number of hydrogen-bond donors (Lipinski definition) is 1. The first kappa shape index (κ1) is 17.5. The molecule has 0 bridgehead atoms. The van der Waals surface area contributed by atoms with Crippen molar-refractivity contribution in [1.82, 2.24) is 4.90 Å². The number of benzene rings is 2. The fraction of sp³-hybridized carbons (Fsp3) is 0.200. The monoisotopic (exact) mass is 378 g/mol. The molecule has 136 valence electrons. The SMILES string of the molecule is C[C@H](SC1=Nc2ccccc2C2=N[C@H](C)C(=O)N12)C(=O)Nc1ccccc1.